The summed E-state index contributed by atoms with van der Waals surface area (Å²) >= 11 is 2.20. The van der Waals surface area contributed by atoms with E-state index in [4.69, 9.17) is 0 Å². The maximum absolute atomic E-state index is 12.2. The van der Waals surface area contributed by atoms with E-state index in [1.807, 2.05) is 5.92 Å². The van der Waals surface area contributed by atoms with Crippen molar-refractivity contribution in [3.05, 3.63) is 0 Å². The minimum atomic E-state index is -3.00. The first-order valence-corrected chi connectivity index (χ1v) is 5.44. The summed E-state index contributed by atoms with van der Waals surface area (Å²) < 4.78 is 24.4. The first kappa shape index (κ1) is 11.0. The highest BCUT2D eigenvalue weighted by molar-refractivity contribution is 9.10. The monoisotopic (exact) mass is 250 g/mol. The zero-order valence-corrected chi connectivity index (χ0v) is 9.04. The number of hydrogen-bond acceptors (Lipinski definition) is 0. The van der Waals surface area contributed by atoms with E-state index in [1.165, 1.54) is 19.3 Å². The number of halogens is 3. The Morgan fingerprint density at radius 3 is 2.38 bits per heavy atom. The van der Waals surface area contributed by atoms with Crippen molar-refractivity contribution in [2.45, 2.75) is 43.4 Å². The Balaban J connectivity index is 2.27. The second-order valence-corrected chi connectivity index (χ2v) is 4.50. The molecule has 0 unspecified atom stereocenters. The highest BCUT2D eigenvalue weighted by Crippen LogP contribution is 2.26. The molecule has 3 heteroatoms. The first-order valence-electron chi connectivity index (χ1n) is 4.65. The third-order valence-corrected chi connectivity index (χ3v) is 2.54. The lowest BCUT2D eigenvalue weighted by Crippen LogP contribution is -2.05. The lowest BCUT2D eigenvalue weighted by molar-refractivity contribution is 0.182. The zero-order chi connectivity index (χ0) is 9.73. The van der Waals surface area contributed by atoms with Crippen LogP contribution in [-0.2, 0) is 0 Å². The molecule has 0 aliphatic heterocycles. The second-order valence-electron chi connectivity index (χ2n) is 3.51. The molecular weight excluding hydrogens is 238 g/mol. The maximum atomic E-state index is 12.2. The summed E-state index contributed by atoms with van der Waals surface area (Å²) in [6, 6.07) is 0. The van der Waals surface area contributed by atoms with Crippen molar-refractivity contribution in [2.75, 3.05) is 0 Å². The van der Waals surface area contributed by atoms with Crippen molar-refractivity contribution in [1.29, 1.82) is 0 Å². The SMILES string of the molecule is FC(F)(Br)C#CCC1CCCCC1. The number of rotatable bonds is 1. The highest BCUT2D eigenvalue weighted by atomic mass is 79.9. The van der Waals surface area contributed by atoms with Crippen LogP contribution in [0.5, 0.6) is 0 Å². The summed E-state index contributed by atoms with van der Waals surface area (Å²) in [6.07, 6.45) is 6.69. The van der Waals surface area contributed by atoms with Gasteiger partial charge in [0, 0.05) is 22.4 Å². The van der Waals surface area contributed by atoms with Gasteiger partial charge < -0.3 is 0 Å². The molecule has 0 nitrogen and oxygen atoms in total. The lowest BCUT2D eigenvalue weighted by Gasteiger charge is -2.18. The van der Waals surface area contributed by atoms with E-state index in [1.54, 1.807) is 0 Å². The van der Waals surface area contributed by atoms with Crippen molar-refractivity contribution < 1.29 is 8.78 Å². The maximum Gasteiger partial charge on any atom is 0.363 e. The van der Waals surface area contributed by atoms with Crippen molar-refractivity contribution in [3.63, 3.8) is 0 Å². The van der Waals surface area contributed by atoms with E-state index in [2.05, 4.69) is 21.9 Å². The molecule has 74 valence electrons. The van der Waals surface area contributed by atoms with E-state index in [-0.39, 0.29) is 0 Å². The van der Waals surface area contributed by atoms with E-state index in [0.29, 0.717) is 12.3 Å². The van der Waals surface area contributed by atoms with Gasteiger partial charge in [0.25, 0.3) is 0 Å². The third-order valence-electron chi connectivity index (χ3n) is 2.35. The quantitative estimate of drug-likeness (QED) is 0.489. The van der Waals surface area contributed by atoms with E-state index < -0.39 is 4.83 Å². The van der Waals surface area contributed by atoms with Gasteiger partial charge in [-0.2, -0.15) is 8.78 Å². The molecule has 0 spiro atoms. The molecule has 0 aromatic heterocycles. The fraction of sp³-hybridized carbons (Fsp3) is 0.800. The van der Waals surface area contributed by atoms with Crippen molar-refractivity contribution in [1.82, 2.24) is 0 Å². The minimum absolute atomic E-state index is 0.552. The number of hydrogen-bond donors (Lipinski definition) is 0. The Kier molecular flexibility index (Phi) is 4.18. The molecule has 1 saturated carbocycles. The van der Waals surface area contributed by atoms with E-state index in [9.17, 15) is 8.78 Å². The molecule has 1 rings (SSSR count). The van der Waals surface area contributed by atoms with Crippen LogP contribution in [0.3, 0.4) is 0 Å². The van der Waals surface area contributed by atoms with Crippen LogP contribution in [-0.4, -0.2) is 4.83 Å². The normalized spacial score (nSPS) is 19.3. The van der Waals surface area contributed by atoms with Crippen LogP contribution in [0.1, 0.15) is 38.5 Å². The average Bonchev–Trinajstić information content (AvgIpc) is 2.04. The van der Waals surface area contributed by atoms with Gasteiger partial charge in [0.05, 0.1) is 0 Å². The molecule has 0 amide bonds. The molecule has 0 radical (unpaired) electrons. The van der Waals surface area contributed by atoms with Gasteiger partial charge in [0.15, 0.2) is 0 Å². The van der Waals surface area contributed by atoms with Crippen molar-refractivity contribution in [2.24, 2.45) is 5.92 Å². The van der Waals surface area contributed by atoms with Crippen LogP contribution in [0.25, 0.3) is 0 Å². The zero-order valence-electron chi connectivity index (χ0n) is 7.45. The third kappa shape index (κ3) is 5.25. The van der Waals surface area contributed by atoms with Gasteiger partial charge in [-0.15, -0.1) is 0 Å². The molecule has 0 atom stereocenters. The van der Waals surface area contributed by atoms with Crippen LogP contribution in [0.15, 0.2) is 0 Å². The van der Waals surface area contributed by atoms with Crippen molar-refractivity contribution >= 4 is 15.9 Å². The van der Waals surface area contributed by atoms with Gasteiger partial charge in [-0.25, -0.2) is 0 Å². The van der Waals surface area contributed by atoms with Gasteiger partial charge in [0.1, 0.15) is 0 Å². The average molecular weight is 251 g/mol. The topological polar surface area (TPSA) is 0 Å². The Morgan fingerprint density at radius 1 is 1.23 bits per heavy atom. The van der Waals surface area contributed by atoms with E-state index >= 15 is 0 Å². The lowest BCUT2D eigenvalue weighted by atomic mass is 9.87. The molecule has 0 aromatic rings. The summed E-state index contributed by atoms with van der Waals surface area (Å²) in [5.41, 5.74) is 0. The Labute approximate surface area is 86.2 Å². The van der Waals surface area contributed by atoms with Gasteiger partial charge in [0.2, 0.25) is 0 Å². The molecule has 0 heterocycles. The van der Waals surface area contributed by atoms with Gasteiger partial charge in [-0.1, -0.05) is 25.2 Å². The van der Waals surface area contributed by atoms with Crippen LogP contribution < -0.4 is 0 Å². The van der Waals surface area contributed by atoms with Gasteiger partial charge >= 0.3 is 4.83 Å². The van der Waals surface area contributed by atoms with Gasteiger partial charge in [-0.05, 0) is 24.7 Å². The molecule has 0 aromatic carbocycles. The summed E-state index contributed by atoms with van der Waals surface area (Å²) in [7, 11) is 0. The fourth-order valence-electron chi connectivity index (χ4n) is 1.69. The summed E-state index contributed by atoms with van der Waals surface area (Å²) in [5.74, 6) is 5.00. The summed E-state index contributed by atoms with van der Waals surface area (Å²) in [4.78, 5) is -3.00. The minimum Gasteiger partial charge on any atom is -0.180 e. The molecule has 0 bridgehead atoms. The van der Waals surface area contributed by atoms with Crippen LogP contribution in [0.4, 0.5) is 8.78 Å². The Hall–Kier alpha value is -0.100. The predicted octanol–water partition coefficient (Wildman–Crippen LogP) is 3.95. The number of alkyl halides is 3. The highest BCUT2D eigenvalue weighted by Gasteiger charge is 2.19. The van der Waals surface area contributed by atoms with Gasteiger partial charge in [-0.3, -0.25) is 0 Å². The fourth-order valence-corrected chi connectivity index (χ4v) is 1.83. The van der Waals surface area contributed by atoms with E-state index in [0.717, 1.165) is 12.8 Å². The summed E-state index contributed by atoms with van der Waals surface area (Å²) in [6.45, 7) is 0. The van der Waals surface area contributed by atoms with Crippen molar-refractivity contribution in [3.8, 4) is 11.8 Å². The van der Waals surface area contributed by atoms with Crippen LogP contribution in [0, 0.1) is 17.8 Å². The molecule has 13 heavy (non-hydrogen) atoms. The Morgan fingerprint density at radius 2 is 1.85 bits per heavy atom. The van der Waals surface area contributed by atoms with Crippen LogP contribution >= 0.6 is 15.9 Å². The molecular formula is C10H13BrF2. The molecule has 1 fully saturated rings. The smallest absolute Gasteiger partial charge is 0.180 e. The molecule has 0 saturated heterocycles. The summed E-state index contributed by atoms with van der Waals surface area (Å²) in [5, 5.41) is 0. The Bertz CT molecular complexity index is 203. The predicted molar refractivity (Wildman–Crippen MR) is 52.8 cm³/mol. The standard InChI is InChI=1S/C10H13BrF2/c11-10(12,13)8-4-7-9-5-2-1-3-6-9/h9H,1-3,5-7H2. The van der Waals surface area contributed by atoms with Crippen LogP contribution in [0.2, 0.25) is 0 Å². The molecule has 0 N–H and O–H groups in total. The molecule has 1 aliphatic rings. The first-order chi connectivity index (χ1) is 6.08. The molecule has 1 aliphatic carbocycles. The largest absolute Gasteiger partial charge is 0.363 e. The second kappa shape index (κ2) is 4.95.